The Bertz CT molecular complexity index is 665. The van der Waals surface area contributed by atoms with Crippen LogP contribution in [0.1, 0.15) is 11.3 Å². The van der Waals surface area contributed by atoms with Crippen molar-refractivity contribution in [3.05, 3.63) is 54.0 Å². The van der Waals surface area contributed by atoms with Gasteiger partial charge in [0, 0.05) is 38.1 Å². The first kappa shape index (κ1) is 17.6. The molecule has 0 radical (unpaired) electrons. The van der Waals surface area contributed by atoms with Crippen LogP contribution in [0.15, 0.2) is 42.7 Å². The molecule has 8 heteroatoms. The molecule has 1 aliphatic rings. The third-order valence-electron chi connectivity index (χ3n) is 3.78. The summed E-state index contributed by atoms with van der Waals surface area (Å²) in [5.74, 6) is 0.154. The van der Waals surface area contributed by atoms with Crippen molar-refractivity contribution < 1.29 is 22.6 Å². The molecular weight excluding hydrogens is 335 g/mol. The van der Waals surface area contributed by atoms with Gasteiger partial charge in [0.1, 0.15) is 6.10 Å². The van der Waals surface area contributed by atoms with E-state index in [1.807, 2.05) is 18.2 Å². The molecule has 1 saturated heterocycles. The van der Waals surface area contributed by atoms with Crippen LogP contribution in [-0.2, 0) is 17.5 Å². The summed E-state index contributed by atoms with van der Waals surface area (Å²) in [4.78, 5) is 10.2. The molecule has 2 aromatic rings. The first-order valence-electron chi connectivity index (χ1n) is 7.90. The van der Waals surface area contributed by atoms with Crippen molar-refractivity contribution in [3.8, 4) is 5.88 Å². The summed E-state index contributed by atoms with van der Waals surface area (Å²) in [6, 6.07) is 7.93. The van der Waals surface area contributed by atoms with E-state index in [1.54, 1.807) is 6.20 Å². The zero-order valence-corrected chi connectivity index (χ0v) is 13.4. The standard InChI is InChI=1S/C17H18F3N3O2/c18-17(19,20)13-4-5-16(22-9-13)25-15-11-23(7-8-24-12-15)10-14-3-1-2-6-21-14/h1-6,9,15H,7-8,10-12H2. The molecule has 1 unspecified atom stereocenters. The minimum absolute atomic E-state index is 0.154. The van der Waals surface area contributed by atoms with E-state index in [0.717, 1.165) is 24.5 Å². The van der Waals surface area contributed by atoms with Crippen molar-refractivity contribution in [1.82, 2.24) is 14.9 Å². The number of hydrogen-bond donors (Lipinski definition) is 0. The van der Waals surface area contributed by atoms with Crippen LogP contribution in [0.25, 0.3) is 0 Å². The third kappa shape index (κ3) is 5.14. The number of ether oxygens (including phenoxy) is 2. The highest BCUT2D eigenvalue weighted by atomic mass is 19.4. The van der Waals surface area contributed by atoms with Crippen LogP contribution >= 0.6 is 0 Å². The highest BCUT2D eigenvalue weighted by molar-refractivity contribution is 5.20. The fourth-order valence-electron chi connectivity index (χ4n) is 2.56. The van der Waals surface area contributed by atoms with Crippen molar-refractivity contribution in [2.45, 2.75) is 18.8 Å². The van der Waals surface area contributed by atoms with Crippen LogP contribution in [0.4, 0.5) is 13.2 Å². The highest BCUT2D eigenvalue weighted by Crippen LogP contribution is 2.29. The molecule has 3 heterocycles. The second-order valence-corrected chi connectivity index (χ2v) is 5.75. The third-order valence-corrected chi connectivity index (χ3v) is 3.78. The molecule has 5 nitrogen and oxygen atoms in total. The highest BCUT2D eigenvalue weighted by Gasteiger charge is 2.31. The lowest BCUT2D eigenvalue weighted by atomic mass is 10.2. The van der Waals surface area contributed by atoms with Gasteiger partial charge in [0.25, 0.3) is 0 Å². The smallest absolute Gasteiger partial charge is 0.417 e. The molecule has 1 aliphatic heterocycles. The van der Waals surface area contributed by atoms with Gasteiger partial charge < -0.3 is 9.47 Å². The molecule has 1 fully saturated rings. The molecule has 0 saturated carbocycles. The summed E-state index contributed by atoms with van der Waals surface area (Å²) >= 11 is 0. The van der Waals surface area contributed by atoms with Crippen molar-refractivity contribution in [1.29, 1.82) is 0 Å². The number of alkyl halides is 3. The molecule has 134 valence electrons. The second kappa shape index (κ2) is 7.79. The molecule has 0 aliphatic carbocycles. The van der Waals surface area contributed by atoms with E-state index in [1.165, 1.54) is 6.07 Å². The van der Waals surface area contributed by atoms with Gasteiger partial charge in [-0.15, -0.1) is 0 Å². The minimum atomic E-state index is -4.41. The lowest BCUT2D eigenvalue weighted by molar-refractivity contribution is -0.137. The molecule has 0 amide bonds. The molecule has 25 heavy (non-hydrogen) atoms. The monoisotopic (exact) mass is 353 g/mol. The minimum Gasteiger partial charge on any atom is -0.471 e. The normalized spacial score (nSPS) is 19.4. The Morgan fingerprint density at radius 2 is 2.08 bits per heavy atom. The van der Waals surface area contributed by atoms with Gasteiger partial charge >= 0.3 is 6.18 Å². The Balaban J connectivity index is 1.61. The average Bonchev–Trinajstić information content (AvgIpc) is 2.80. The van der Waals surface area contributed by atoms with Crippen LogP contribution in [0.3, 0.4) is 0 Å². The van der Waals surface area contributed by atoms with Gasteiger partial charge in [0.2, 0.25) is 5.88 Å². The van der Waals surface area contributed by atoms with E-state index in [9.17, 15) is 13.2 Å². The number of nitrogens with zero attached hydrogens (tertiary/aromatic N) is 3. The zero-order valence-electron chi connectivity index (χ0n) is 13.4. The van der Waals surface area contributed by atoms with E-state index >= 15 is 0 Å². The molecule has 0 N–H and O–H groups in total. The molecule has 3 rings (SSSR count). The molecule has 0 aromatic carbocycles. The van der Waals surface area contributed by atoms with Gasteiger partial charge in [0.15, 0.2) is 0 Å². The molecule has 0 bridgehead atoms. The van der Waals surface area contributed by atoms with Crippen molar-refractivity contribution >= 4 is 0 Å². The van der Waals surface area contributed by atoms with Crippen molar-refractivity contribution in [2.24, 2.45) is 0 Å². The SMILES string of the molecule is FC(F)(F)c1ccc(OC2COCCN(Cc3ccccn3)C2)nc1. The fraction of sp³-hybridized carbons (Fsp3) is 0.412. The largest absolute Gasteiger partial charge is 0.471 e. The van der Waals surface area contributed by atoms with E-state index in [4.69, 9.17) is 9.47 Å². The number of halogens is 3. The number of hydrogen-bond acceptors (Lipinski definition) is 5. The topological polar surface area (TPSA) is 47.5 Å². The van der Waals surface area contributed by atoms with Crippen LogP contribution in [0.2, 0.25) is 0 Å². The van der Waals surface area contributed by atoms with E-state index < -0.39 is 11.7 Å². The van der Waals surface area contributed by atoms with E-state index in [-0.39, 0.29) is 12.0 Å². The molecular formula is C17H18F3N3O2. The first-order chi connectivity index (χ1) is 12.0. The number of rotatable bonds is 4. The first-order valence-corrected chi connectivity index (χ1v) is 7.90. The maximum atomic E-state index is 12.6. The molecule has 1 atom stereocenters. The predicted octanol–water partition coefficient (Wildman–Crippen LogP) is 2.78. The summed E-state index contributed by atoms with van der Waals surface area (Å²) in [7, 11) is 0. The van der Waals surface area contributed by atoms with E-state index in [0.29, 0.717) is 26.3 Å². The van der Waals surface area contributed by atoms with Crippen LogP contribution in [0, 0.1) is 0 Å². The molecule has 0 spiro atoms. The van der Waals surface area contributed by atoms with Gasteiger partial charge in [-0.2, -0.15) is 13.2 Å². The summed E-state index contributed by atoms with van der Waals surface area (Å²) in [5, 5.41) is 0. The summed E-state index contributed by atoms with van der Waals surface area (Å²) in [5.41, 5.74) is 0.143. The van der Waals surface area contributed by atoms with Crippen LogP contribution < -0.4 is 4.74 Å². The lowest BCUT2D eigenvalue weighted by Gasteiger charge is -2.23. The summed E-state index contributed by atoms with van der Waals surface area (Å²) in [6.45, 7) is 2.90. The van der Waals surface area contributed by atoms with Gasteiger partial charge in [-0.1, -0.05) is 6.07 Å². The maximum Gasteiger partial charge on any atom is 0.417 e. The fourth-order valence-corrected chi connectivity index (χ4v) is 2.56. The van der Waals surface area contributed by atoms with Gasteiger partial charge in [-0.25, -0.2) is 4.98 Å². The summed E-state index contributed by atoms with van der Waals surface area (Å²) in [6.07, 6.45) is -2.20. The predicted molar refractivity (Wildman–Crippen MR) is 84.0 cm³/mol. The van der Waals surface area contributed by atoms with Gasteiger partial charge in [-0.3, -0.25) is 9.88 Å². The molecule has 2 aromatic heterocycles. The number of aromatic nitrogens is 2. The maximum absolute atomic E-state index is 12.6. The van der Waals surface area contributed by atoms with Crippen LogP contribution in [-0.4, -0.2) is 47.3 Å². The Hall–Kier alpha value is -2.19. The van der Waals surface area contributed by atoms with Gasteiger partial charge in [-0.05, 0) is 18.2 Å². The Morgan fingerprint density at radius 1 is 1.20 bits per heavy atom. The average molecular weight is 353 g/mol. The second-order valence-electron chi connectivity index (χ2n) is 5.75. The quantitative estimate of drug-likeness (QED) is 0.846. The summed E-state index contributed by atoms with van der Waals surface area (Å²) < 4.78 is 49.0. The Kier molecular flexibility index (Phi) is 5.50. The zero-order chi connectivity index (χ0) is 17.7. The van der Waals surface area contributed by atoms with Crippen molar-refractivity contribution in [3.63, 3.8) is 0 Å². The van der Waals surface area contributed by atoms with Crippen molar-refractivity contribution in [2.75, 3.05) is 26.3 Å². The number of pyridine rings is 2. The van der Waals surface area contributed by atoms with Crippen LogP contribution in [0.5, 0.6) is 5.88 Å². The lowest BCUT2D eigenvalue weighted by Crippen LogP contribution is -2.36. The van der Waals surface area contributed by atoms with Gasteiger partial charge in [0.05, 0.1) is 24.5 Å². The Labute approximate surface area is 143 Å². The van der Waals surface area contributed by atoms with E-state index in [2.05, 4.69) is 14.9 Å². The Morgan fingerprint density at radius 3 is 2.76 bits per heavy atom.